The van der Waals surface area contributed by atoms with E-state index in [1.54, 1.807) is 6.92 Å². The number of hydrogen-bond donors (Lipinski definition) is 1. The lowest BCUT2D eigenvalue weighted by Gasteiger charge is -2.06. The first-order chi connectivity index (χ1) is 8.86. The molecule has 0 aromatic heterocycles. The highest BCUT2D eigenvalue weighted by Gasteiger charge is 2.32. The maximum absolute atomic E-state index is 12.2. The number of hydrogen-bond acceptors (Lipinski definition) is 3. The Labute approximate surface area is 114 Å². The van der Waals surface area contributed by atoms with Gasteiger partial charge >= 0.3 is 0 Å². The van der Waals surface area contributed by atoms with Crippen molar-refractivity contribution in [1.82, 2.24) is 4.72 Å². The highest BCUT2D eigenvalue weighted by Crippen LogP contribution is 2.30. The molecule has 0 atom stereocenters. The highest BCUT2D eigenvalue weighted by atomic mass is 32.2. The van der Waals surface area contributed by atoms with Gasteiger partial charge in [-0.2, -0.15) is 0 Å². The summed E-state index contributed by atoms with van der Waals surface area (Å²) in [6.07, 6.45) is 0. The van der Waals surface area contributed by atoms with Crippen molar-refractivity contribution in [1.29, 1.82) is 0 Å². The fourth-order valence-corrected chi connectivity index (χ4v) is 3.64. The van der Waals surface area contributed by atoms with Gasteiger partial charge in [0, 0.05) is 12.1 Å². The average molecular weight is 278 g/mol. The van der Waals surface area contributed by atoms with Gasteiger partial charge in [-0.25, -0.2) is 8.42 Å². The number of nitrogens with zero attached hydrogens (tertiary/aromatic N) is 1. The molecule has 1 aliphatic rings. The second-order valence-corrected chi connectivity index (χ2v) is 6.30. The summed E-state index contributed by atoms with van der Waals surface area (Å²) in [6.45, 7) is 8.20. The van der Waals surface area contributed by atoms with Crippen LogP contribution in [0.3, 0.4) is 0 Å². The van der Waals surface area contributed by atoms with Crippen LogP contribution in [0.1, 0.15) is 30.5 Å². The first kappa shape index (κ1) is 13.8. The van der Waals surface area contributed by atoms with Crippen molar-refractivity contribution in [3.8, 4) is 0 Å². The van der Waals surface area contributed by atoms with Crippen molar-refractivity contribution < 1.29 is 8.42 Å². The zero-order chi connectivity index (χ0) is 14.2. The summed E-state index contributed by atoms with van der Waals surface area (Å²) in [5.41, 5.74) is 3.63. The molecule has 0 saturated heterocycles. The number of sulfonamides is 1. The Morgan fingerprint density at radius 2 is 1.84 bits per heavy atom. The number of benzene rings is 1. The number of nitrogens with one attached hydrogen (secondary N) is 1. The molecule has 0 bridgehead atoms. The van der Waals surface area contributed by atoms with Gasteiger partial charge in [-0.3, -0.25) is 9.71 Å². The number of aryl methyl sites for hydroxylation is 2. The van der Waals surface area contributed by atoms with Gasteiger partial charge in [0.05, 0.1) is 0 Å². The number of amidine groups is 1. The summed E-state index contributed by atoms with van der Waals surface area (Å²) < 4.78 is 26.9. The predicted molar refractivity (Wildman–Crippen MR) is 78.5 cm³/mol. The number of rotatable bonds is 2. The normalized spacial score (nSPS) is 19.9. The van der Waals surface area contributed by atoms with Gasteiger partial charge < -0.3 is 0 Å². The summed E-state index contributed by atoms with van der Waals surface area (Å²) in [6, 6.07) is 5.69. The SMILES string of the molecule is CCN=C1NS(=O)(=O)C(c2ccc(C)c(C)c2)=C1C. The molecule has 0 radical (unpaired) electrons. The van der Waals surface area contributed by atoms with Gasteiger partial charge in [-0.05, 0) is 44.4 Å². The Hall–Kier alpha value is -1.62. The van der Waals surface area contributed by atoms with E-state index in [0.29, 0.717) is 22.9 Å². The van der Waals surface area contributed by atoms with Gasteiger partial charge in [-0.1, -0.05) is 18.2 Å². The maximum Gasteiger partial charge on any atom is 0.264 e. The summed E-state index contributed by atoms with van der Waals surface area (Å²) >= 11 is 0. The van der Waals surface area contributed by atoms with Crippen LogP contribution in [-0.4, -0.2) is 20.8 Å². The van der Waals surface area contributed by atoms with Crippen LogP contribution >= 0.6 is 0 Å². The Morgan fingerprint density at radius 3 is 2.42 bits per heavy atom. The van der Waals surface area contributed by atoms with E-state index in [1.165, 1.54) is 0 Å². The van der Waals surface area contributed by atoms with E-state index < -0.39 is 10.0 Å². The standard InChI is InChI=1S/C14H18N2O2S/c1-5-15-14-11(4)13(19(17,18)16-14)12-7-6-9(2)10(3)8-12/h6-8H,5H2,1-4H3,(H,15,16). The lowest BCUT2D eigenvalue weighted by molar-refractivity contribution is 0.603. The zero-order valence-electron chi connectivity index (χ0n) is 11.6. The second-order valence-electron chi connectivity index (χ2n) is 4.68. The van der Waals surface area contributed by atoms with Gasteiger partial charge in [0.15, 0.2) is 0 Å². The van der Waals surface area contributed by atoms with Gasteiger partial charge in [-0.15, -0.1) is 0 Å². The van der Waals surface area contributed by atoms with Crippen LogP contribution in [0.4, 0.5) is 0 Å². The van der Waals surface area contributed by atoms with E-state index in [-0.39, 0.29) is 0 Å². The van der Waals surface area contributed by atoms with Crippen LogP contribution in [0, 0.1) is 13.8 Å². The van der Waals surface area contributed by atoms with E-state index in [4.69, 9.17) is 0 Å². The smallest absolute Gasteiger partial charge is 0.264 e. The van der Waals surface area contributed by atoms with Crippen molar-refractivity contribution in [2.75, 3.05) is 6.54 Å². The molecule has 1 heterocycles. The van der Waals surface area contributed by atoms with E-state index >= 15 is 0 Å². The molecule has 0 spiro atoms. The quantitative estimate of drug-likeness (QED) is 0.903. The van der Waals surface area contributed by atoms with Crippen LogP contribution < -0.4 is 4.72 Å². The van der Waals surface area contributed by atoms with Gasteiger partial charge in [0.2, 0.25) is 0 Å². The molecule has 19 heavy (non-hydrogen) atoms. The third-order valence-corrected chi connectivity index (χ3v) is 4.82. The molecule has 0 saturated carbocycles. The van der Waals surface area contributed by atoms with E-state index in [1.807, 2.05) is 39.0 Å². The Balaban J connectivity index is 2.64. The van der Waals surface area contributed by atoms with Crippen LogP contribution in [0.15, 0.2) is 28.8 Å². The van der Waals surface area contributed by atoms with Gasteiger partial charge in [0.1, 0.15) is 10.7 Å². The van der Waals surface area contributed by atoms with E-state index in [0.717, 1.165) is 16.7 Å². The van der Waals surface area contributed by atoms with Crippen molar-refractivity contribution >= 4 is 20.8 Å². The molecule has 0 amide bonds. The molecular formula is C14H18N2O2S. The predicted octanol–water partition coefficient (Wildman–Crippen LogP) is 2.39. The maximum atomic E-state index is 12.2. The first-order valence-electron chi connectivity index (χ1n) is 6.23. The number of aliphatic imine (C=N–C) groups is 1. The van der Waals surface area contributed by atoms with Gasteiger partial charge in [0.25, 0.3) is 10.0 Å². The van der Waals surface area contributed by atoms with Crippen molar-refractivity contribution in [2.45, 2.75) is 27.7 Å². The molecule has 0 fully saturated rings. The third-order valence-electron chi connectivity index (χ3n) is 3.28. The molecule has 102 valence electrons. The largest absolute Gasteiger partial charge is 0.268 e. The molecule has 2 rings (SSSR count). The fourth-order valence-electron chi connectivity index (χ4n) is 2.13. The fraction of sp³-hybridized carbons (Fsp3) is 0.357. The molecule has 1 aliphatic heterocycles. The van der Waals surface area contributed by atoms with Crippen molar-refractivity contribution in [3.63, 3.8) is 0 Å². The topological polar surface area (TPSA) is 58.5 Å². The second kappa shape index (κ2) is 4.81. The molecule has 5 heteroatoms. The van der Waals surface area contributed by atoms with Crippen LogP contribution in [0.5, 0.6) is 0 Å². The minimum absolute atomic E-state index is 0.336. The van der Waals surface area contributed by atoms with Crippen LogP contribution in [0.25, 0.3) is 4.91 Å². The average Bonchev–Trinajstić information content (AvgIpc) is 2.54. The Kier molecular flexibility index (Phi) is 3.49. The molecule has 1 aromatic carbocycles. The molecule has 1 N–H and O–H groups in total. The summed E-state index contributed by atoms with van der Waals surface area (Å²) in [4.78, 5) is 4.52. The van der Waals surface area contributed by atoms with Crippen LogP contribution in [-0.2, 0) is 10.0 Å². The molecule has 0 aliphatic carbocycles. The summed E-state index contributed by atoms with van der Waals surface area (Å²) in [5, 5.41) is 0. The monoisotopic (exact) mass is 278 g/mol. The molecular weight excluding hydrogens is 260 g/mol. The summed E-state index contributed by atoms with van der Waals surface area (Å²) in [5.74, 6) is 0.454. The minimum Gasteiger partial charge on any atom is -0.268 e. The summed E-state index contributed by atoms with van der Waals surface area (Å²) in [7, 11) is -3.49. The molecule has 0 unspecified atom stereocenters. The first-order valence-corrected chi connectivity index (χ1v) is 7.71. The van der Waals surface area contributed by atoms with Crippen molar-refractivity contribution in [2.24, 2.45) is 4.99 Å². The lowest BCUT2D eigenvalue weighted by Crippen LogP contribution is -2.23. The zero-order valence-corrected chi connectivity index (χ0v) is 12.4. The van der Waals surface area contributed by atoms with E-state index in [2.05, 4.69) is 9.71 Å². The lowest BCUT2D eigenvalue weighted by atomic mass is 10.0. The minimum atomic E-state index is -3.49. The van der Waals surface area contributed by atoms with Crippen molar-refractivity contribution in [3.05, 3.63) is 40.5 Å². The van der Waals surface area contributed by atoms with Crippen LogP contribution in [0.2, 0.25) is 0 Å². The van der Waals surface area contributed by atoms with E-state index in [9.17, 15) is 8.42 Å². The highest BCUT2D eigenvalue weighted by molar-refractivity contribution is 8.00. The third kappa shape index (κ3) is 2.42. The molecule has 4 nitrogen and oxygen atoms in total. The Bertz CT molecular complexity index is 685. The Morgan fingerprint density at radius 1 is 1.16 bits per heavy atom. The molecule has 1 aromatic rings.